The van der Waals surface area contributed by atoms with Crippen LogP contribution in [0.5, 0.6) is 5.75 Å². The smallest absolute Gasteiger partial charge is 0.318 e. The van der Waals surface area contributed by atoms with E-state index in [9.17, 15) is 4.79 Å². The van der Waals surface area contributed by atoms with Crippen molar-refractivity contribution in [2.24, 2.45) is 7.05 Å². The summed E-state index contributed by atoms with van der Waals surface area (Å²) in [6, 6.07) is 7.37. The summed E-state index contributed by atoms with van der Waals surface area (Å²) in [5.41, 5.74) is 0.950. The van der Waals surface area contributed by atoms with E-state index in [1.807, 2.05) is 47.0 Å². The van der Waals surface area contributed by atoms with Gasteiger partial charge in [0.15, 0.2) is 0 Å². The van der Waals surface area contributed by atoms with Gasteiger partial charge in [0.2, 0.25) is 0 Å². The van der Waals surface area contributed by atoms with Crippen LogP contribution >= 0.6 is 0 Å². The quantitative estimate of drug-likeness (QED) is 0.942. The molecule has 6 nitrogen and oxygen atoms in total. The fourth-order valence-corrected chi connectivity index (χ4v) is 2.91. The Morgan fingerprint density at radius 1 is 1.35 bits per heavy atom. The molecule has 2 amide bonds. The fraction of sp³-hybridized carbons (Fsp3) is 0.412. The van der Waals surface area contributed by atoms with Gasteiger partial charge in [0, 0.05) is 32.5 Å². The lowest BCUT2D eigenvalue weighted by Gasteiger charge is -2.23. The van der Waals surface area contributed by atoms with E-state index in [2.05, 4.69) is 10.3 Å². The number of benzene rings is 1. The molecule has 1 aliphatic rings. The number of aromatic nitrogens is 2. The Morgan fingerprint density at radius 2 is 2.13 bits per heavy atom. The maximum atomic E-state index is 12.5. The summed E-state index contributed by atoms with van der Waals surface area (Å²) in [6.07, 6.45) is 5.76. The number of aryl methyl sites for hydroxylation is 1. The summed E-state index contributed by atoms with van der Waals surface area (Å²) in [7, 11) is 3.56. The first kappa shape index (κ1) is 15.4. The highest BCUT2D eigenvalue weighted by atomic mass is 16.5. The van der Waals surface area contributed by atoms with Crippen LogP contribution in [0.4, 0.5) is 4.79 Å². The Hall–Kier alpha value is -2.50. The molecule has 6 heteroatoms. The van der Waals surface area contributed by atoms with E-state index in [-0.39, 0.29) is 12.1 Å². The van der Waals surface area contributed by atoms with Crippen LogP contribution in [0.15, 0.2) is 36.7 Å². The molecule has 1 aliphatic heterocycles. The standard InChI is InChI=1S/C17H22N4O2/c1-20-11-8-18-16(20)15(13-6-5-7-14(12-13)23-2)19-17(22)21-9-3-4-10-21/h5-8,11-12,15H,3-4,9-10H2,1-2H3,(H,19,22). The van der Waals surface area contributed by atoms with Gasteiger partial charge in [-0.2, -0.15) is 0 Å². The number of carbonyl (C=O) groups excluding carboxylic acids is 1. The molecule has 2 aromatic rings. The molecule has 1 N–H and O–H groups in total. The van der Waals surface area contributed by atoms with Crippen molar-refractivity contribution in [3.05, 3.63) is 48.0 Å². The average molecular weight is 314 g/mol. The summed E-state index contributed by atoms with van der Waals surface area (Å²) in [4.78, 5) is 18.8. The predicted molar refractivity (Wildman–Crippen MR) is 87.4 cm³/mol. The summed E-state index contributed by atoms with van der Waals surface area (Å²) in [5.74, 6) is 1.56. The maximum absolute atomic E-state index is 12.5. The number of likely N-dealkylation sites (tertiary alicyclic amines) is 1. The number of amides is 2. The molecular weight excluding hydrogens is 292 g/mol. The lowest BCUT2D eigenvalue weighted by atomic mass is 10.1. The van der Waals surface area contributed by atoms with Crippen LogP contribution in [-0.4, -0.2) is 40.7 Å². The Morgan fingerprint density at radius 3 is 2.78 bits per heavy atom. The molecule has 1 unspecified atom stereocenters. The molecule has 3 rings (SSSR count). The van der Waals surface area contributed by atoms with E-state index < -0.39 is 0 Å². The zero-order valence-corrected chi connectivity index (χ0v) is 13.5. The topological polar surface area (TPSA) is 59.4 Å². The second-order valence-electron chi connectivity index (χ2n) is 5.75. The number of methoxy groups -OCH3 is 1. The third kappa shape index (κ3) is 3.31. The van der Waals surface area contributed by atoms with Crippen LogP contribution in [0.1, 0.15) is 30.3 Å². The van der Waals surface area contributed by atoms with Gasteiger partial charge in [0.25, 0.3) is 0 Å². The van der Waals surface area contributed by atoms with Crippen molar-refractivity contribution in [3.8, 4) is 5.75 Å². The van der Waals surface area contributed by atoms with Crippen molar-refractivity contribution in [3.63, 3.8) is 0 Å². The largest absolute Gasteiger partial charge is 0.497 e. The highest BCUT2D eigenvalue weighted by Crippen LogP contribution is 2.24. The molecule has 1 saturated heterocycles. The Labute approximate surface area is 136 Å². The summed E-state index contributed by atoms with van der Waals surface area (Å²) in [6.45, 7) is 1.63. The normalized spacial score (nSPS) is 15.5. The van der Waals surface area contributed by atoms with E-state index in [0.717, 1.165) is 43.1 Å². The summed E-state index contributed by atoms with van der Waals surface area (Å²) < 4.78 is 7.23. The van der Waals surface area contributed by atoms with Gasteiger partial charge in [0.1, 0.15) is 17.6 Å². The molecule has 1 atom stereocenters. The van der Waals surface area contributed by atoms with Gasteiger partial charge in [-0.3, -0.25) is 0 Å². The zero-order valence-electron chi connectivity index (χ0n) is 13.5. The molecule has 1 aromatic heterocycles. The number of carbonyl (C=O) groups is 1. The summed E-state index contributed by atoms with van der Waals surface area (Å²) in [5, 5.41) is 3.12. The first-order valence-corrected chi connectivity index (χ1v) is 7.85. The van der Waals surface area contributed by atoms with E-state index in [0.29, 0.717) is 0 Å². The van der Waals surface area contributed by atoms with E-state index in [1.165, 1.54) is 0 Å². The van der Waals surface area contributed by atoms with Crippen molar-refractivity contribution in [1.82, 2.24) is 19.8 Å². The van der Waals surface area contributed by atoms with Gasteiger partial charge >= 0.3 is 6.03 Å². The molecule has 0 bridgehead atoms. The van der Waals surface area contributed by atoms with Gasteiger partial charge < -0.3 is 19.5 Å². The number of hydrogen-bond acceptors (Lipinski definition) is 3. The minimum atomic E-state index is -0.307. The molecule has 0 saturated carbocycles. The van der Waals surface area contributed by atoms with Crippen molar-refractivity contribution >= 4 is 6.03 Å². The lowest BCUT2D eigenvalue weighted by molar-refractivity contribution is 0.205. The van der Waals surface area contributed by atoms with Gasteiger partial charge in [0.05, 0.1) is 7.11 Å². The van der Waals surface area contributed by atoms with Crippen LogP contribution in [0, 0.1) is 0 Å². The number of imidazole rings is 1. The van der Waals surface area contributed by atoms with Crippen LogP contribution in [-0.2, 0) is 7.05 Å². The SMILES string of the molecule is COc1cccc(C(NC(=O)N2CCCC2)c2nccn2C)c1. The summed E-state index contributed by atoms with van der Waals surface area (Å²) >= 11 is 0. The molecule has 1 fully saturated rings. The highest BCUT2D eigenvalue weighted by molar-refractivity contribution is 5.75. The second-order valence-corrected chi connectivity index (χ2v) is 5.75. The van der Waals surface area contributed by atoms with Crippen molar-refractivity contribution in [1.29, 1.82) is 0 Å². The third-order valence-corrected chi connectivity index (χ3v) is 4.20. The molecule has 0 spiro atoms. The number of ether oxygens (including phenoxy) is 1. The fourth-order valence-electron chi connectivity index (χ4n) is 2.91. The number of rotatable bonds is 4. The Bertz CT molecular complexity index is 677. The molecule has 0 radical (unpaired) electrons. The first-order valence-electron chi connectivity index (χ1n) is 7.85. The van der Waals surface area contributed by atoms with Crippen molar-refractivity contribution in [2.75, 3.05) is 20.2 Å². The van der Waals surface area contributed by atoms with E-state index in [1.54, 1.807) is 13.3 Å². The average Bonchev–Trinajstić information content (AvgIpc) is 3.24. The van der Waals surface area contributed by atoms with E-state index in [4.69, 9.17) is 4.74 Å². The maximum Gasteiger partial charge on any atom is 0.318 e. The first-order chi connectivity index (χ1) is 11.2. The Kier molecular flexibility index (Phi) is 4.50. The minimum absolute atomic E-state index is 0.0432. The van der Waals surface area contributed by atoms with Gasteiger partial charge in [-0.05, 0) is 30.5 Å². The van der Waals surface area contributed by atoms with Crippen LogP contribution in [0.3, 0.4) is 0 Å². The van der Waals surface area contributed by atoms with E-state index >= 15 is 0 Å². The molecular formula is C17H22N4O2. The second kappa shape index (κ2) is 6.73. The van der Waals surface area contributed by atoms with Gasteiger partial charge in [-0.15, -0.1) is 0 Å². The minimum Gasteiger partial charge on any atom is -0.497 e. The number of hydrogen-bond donors (Lipinski definition) is 1. The van der Waals surface area contributed by atoms with Crippen LogP contribution in [0.25, 0.3) is 0 Å². The van der Waals surface area contributed by atoms with Crippen molar-refractivity contribution in [2.45, 2.75) is 18.9 Å². The zero-order chi connectivity index (χ0) is 16.2. The monoisotopic (exact) mass is 314 g/mol. The number of nitrogens with one attached hydrogen (secondary N) is 1. The molecule has 0 aliphatic carbocycles. The van der Waals surface area contributed by atoms with Crippen molar-refractivity contribution < 1.29 is 9.53 Å². The Balaban J connectivity index is 1.90. The molecule has 23 heavy (non-hydrogen) atoms. The third-order valence-electron chi connectivity index (χ3n) is 4.20. The molecule has 2 heterocycles. The van der Waals surface area contributed by atoms with Gasteiger partial charge in [-0.25, -0.2) is 9.78 Å². The van der Waals surface area contributed by atoms with Crippen LogP contribution in [0.2, 0.25) is 0 Å². The predicted octanol–water partition coefficient (Wildman–Crippen LogP) is 2.32. The molecule has 1 aromatic carbocycles. The van der Waals surface area contributed by atoms with Gasteiger partial charge in [-0.1, -0.05) is 12.1 Å². The number of nitrogens with zero attached hydrogens (tertiary/aromatic N) is 3. The molecule has 122 valence electrons. The number of urea groups is 1. The lowest BCUT2D eigenvalue weighted by Crippen LogP contribution is -2.41. The van der Waals surface area contributed by atoms with Crippen LogP contribution < -0.4 is 10.1 Å². The highest BCUT2D eigenvalue weighted by Gasteiger charge is 2.25.